The summed E-state index contributed by atoms with van der Waals surface area (Å²) in [6.07, 6.45) is 2.27. The third-order valence-corrected chi connectivity index (χ3v) is 6.02. The molecule has 0 aliphatic rings. The Bertz CT molecular complexity index is 1460. The van der Waals surface area contributed by atoms with Gasteiger partial charge in [-0.05, 0) is 54.6 Å². The summed E-state index contributed by atoms with van der Waals surface area (Å²) in [5.41, 5.74) is 1.42. The summed E-state index contributed by atoms with van der Waals surface area (Å²) < 4.78 is 7.08. The van der Waals surface area contributed by atoms with Crippen LogP contribution in [-0.2, 0) is 0 Å². The van der Waals surface area contributed by atoms with Crippen molar-refractivity contribution in [2.24, 2.45) is 0 Å². The van der Waals surface area contributed by atoms with Crippen LogP contribution in [-0.4, -0.2) is 33.1 Å². The number of halogens is 1. The Labute approximate surface area is 216 Å². The molecule has 182 valence electrons. The lowest BCUT2D eigenvalue weighted by Gasteiger charge is -2.15. The van der Waals surface area contributed by atoms with E-state index in [1.165, 1.54) is 34.3 Å². The smallest absolute Gasteiger partial charge is 0.274 e. The number of thiophene rings is 1. The zero-order valence-electron chi connectivity index (χ0n) is 19.4. The highest BCUT2D eigenvalue weighted by Crippen LogP contribution is 2.28. The van der Waals surface area contributed by atoms with Gasteiger partial charge in [-0.3, -0.25) is 9.59 Å². The standard InChI is InChI=1S/C25H21ClN6O3S/c1-3-7-29-24(33)18-11-16(13-27)10-15(2)22(18)30-25(34)20-12-21(35-17-6-9-36-14-17)31-32(20)23-19(26)5-4-8-28-23/h4-6,8-12,14H,3,7H2,1-2H3,(H,29,33)(H,30,34). The summed E-state index contributed by atoms with van der Waals surface area (Å²) in [4.78, 5) is 30.6. The van der Waals surface area contributed by atoms with Crippen LogP contribution in [0.5, 0.6) is 11.6 Å². The van der Waals surface area contributed by atoms with Crippen molar-refractivity contribution in [1.82, 2.24) is 20.1 Å². The van der Waals surface area contributed by atoms with Crippen LogP contribution in [0.1, 0.15) is 45.3 Å². The van der Waals surface area contributed by atoms with E-state index in [2.05, 4.69) is 20.7 Å². The van der Waals surface area contributed by atoms with Gasteiger partial charge < -0.3 is 15.4 Å². The van der Waals surface area contributed by atoms with E-state index < -0.39 is 11.8 Å². The van der Waals surface area contributed by atoms with Crippen LogP contribution in [0.2, 0.25) is 5.02 Å². The van der Waals surface area contributed by atoms with Crippen LogP contribution in [0.25, 0.3) is 5.82 Å². The number of nitrogens with one attached hydrogen (secondary N) is 2. The Morgan fingerprint density at radius 3 is 2.78 bits per heavy atom. The quantitative estimate of drug-likeness (QED) is 0.323. The molecular weight excluding hydrogens is 500 g/mol. The molecule has 0 atom stereocenters. The number of carbonyl (C=O) groups excluding carboxylic acids is 2. The molecule has 0 aliphatic heterocycles. The second kappa shape index (κ2) is 11.0. The average molecular weight is 521 g/mol. The number of aryl methyl sites for hydroxylation is 1. The minimum absolute atomic E-state index is 0.0875. The van der Waals surface area contributed by atoms with Gasteiger partial charge in [-0.2, -0.15) is 5.26 Å². The van der Waals surface area contributed by atoms with Crippen LogP contribution in [0.15, 0.2) is 53.4 Å². The number of rotatable bonds is 8. The molecule has 9 nitrogen and oxygen atoms in total. The van der Waals surface area contributed by atoms with Gasteiger partial charge in [0.05, 0.1) is 27.9 Å². The molecule has 0 spiro atoms. The highest BCUT2D eigenvalue weighted by Gasteiger charge is 2.23. The van der Waals surface area contributed by atoms with Gasteiger partial charge in [-0.15, -0.1) is 16.4 Å². The second-order valence-electron chi connectivity index (χ2n) is 7.69. The van der Waals surface area contributed by atoms with E-state index in [0.29, 0.717) is 23.4 Å². The lowest BCUT2D eigenvalue weighted by Crippen LogP contribution is -2.27. The fraction of sp³-hybridized carbons (Fsp3) is 0.160. The molecule has 3 aromatic heterocycles. The summed E-state index contributed by atoms with van der Waals surface area (Å²) in [7, 11) is 0. The number of carbonyl (C=O) groups is 2. The first kappa shape index (κ1) is 24.9. The molecule has 0 fully saturated rings. The highest BCUT2D eigenvalue weighted by molar-refractivity contribution is 7.08. The number of pyridine rings is 1. The maximum Gasteiger partial charge on any atom is 0.274 e. The number of hydrogen-bond donors (Lipinski definition) is 2. The maximum absolute atomic E-state index is 13.5. The van der Waals surface area contributed by atoms with Gasteiger partial charge in [0.1, 0.15) is 11.4 Å². The summed E-state index contributed by atoms with van der Waals surface area (Å²) in [5, 5.41) is 23.3. The van der Waals surface area contributed by atoms with Crippen molar-refractivity contribution in [1.29, 1.82) is 5.26 Å². The van der Waals surface area contributed by atoms with Crippen molar-refractivity contribution in [2.45, 2.75) is 20.3 Å². The molecule has 3 heterocycles. The molecular formula is C25H21ClN6O3S. The van der Waals surface area contributed by atoms with E-state index in [0.717, 1.165) is 6.42 Å². The number of ether oxygens (including phenoxy) is 1. The number of nitriles is 1. The van der Waals surface area contributed by atoms with Crippen LogP contribution in [0, 0.1) is 18.3 Å². The Hall–Kier alpha value is -4.20. The van der Waals surface area contributed by atoms with E-state index >= 15 is 0 Å². The van der Waals surface area contributed by atoms with Gasteiger partial charge >= 0.3 is 0 Å². The van der Waals surface area contributed by atoms with E-state index in [4.69, 9.17) is 16.3 Å². The summed E-state index contributed by atoms with van der Waals surface area (Å²) in [6.45, 7) is 4.10. The predicted molar refractivity (Wildman–Crippen MR) is 137 cm³/mol. The average Bonchev–Trinajstić information content (AvgIpc) is 3.54. The molecule has 2 amide bonds. The Morgan fingerprint density at radius 2 is 2.08 bits per heavy atom. The molecule has 0 radical (unpaired) electrons. The monoisotopic (exact) mass is 520 g/mol. The molecule has 4 rings (SSSR count). The van der Waals surface area contributed by atoms with Crippen LogP contribution in [0.3, 0.4) is 0 Å². The third kappa shape index (κ3) is 5.38. The maximum atomic E-state index is 13.5. The third-order valence-electron chi connectivity index (χ3n) is 5.06. The molecule has 36 heavy (non-hydrogen) atoms. The number of benzene rings is 1. The van der Waals surface area contributed by atoms with Crippen molar-refractivity contribution in [3.05, 3.63) is 80.8 Å². The summed E-state index contributed by atoms with van der Waals surface area (Å²) >= 11 is 7.80. The first-order valence-corrected chi connectivity index (χ1v) is 12.3. The van der Waals surface area contributed by atoms with Crippen LogP contribution in [0.4, 0.5) is 5.69 Å². The van der Waals surface area contributed by atoms with Crippen molar-refractivity contribution in [2.75, 3.05) is 11.9 Å². The second-order valence-corrected chi connectivity index (χ2v) is 8.87. The minimum Gasteiger partial charge on any atom is -0.437 e. The molecule has 0 saturated carbocycles. The number of anilines is 1. The zero-order chi connectivity index (χ0) is 25.7. The molecule has 0 bridgehead atoms. The van der Waals surface area contributed by atoms with Crippen LogP contribution >= 0.6 is 22.9 Å². The lowest BCUT2D eigenvalue weighted by molar-refractivity contribution is 0.0954. The Kier molecular flexibility index (Phi) is 7.63. The number of aromatic nitrogens is 3. The van der Waals surface area contributed by atoms with E-state index in [9.17, 15) is 14.9 Å². The fourth-order valence-corrected chi connectivity index (χ4v) is 4.16. The van der Waals surface area contributed by atoms with E-state index in [-0.39, 0.29) is 33.7 Å². The van der Waals surface area contributed by atoms with Crippen molar-refractivity contribution >= 4 is 40.4 Å². The predicted octanol–water partition coefficient (Wildman–Crippen LogP) is 5.35. The van der Waals surface area contributed by atoms with Crippen LogP contribution < -0.4 is 15.4 Å². The molecule has 4 aromatic rings. The molecule has 11 heteroatoms. The first-order chi connectivity index (χ1) is 17.4. The van der Waals surface area contributed by atoms with Gasteiger partial charge in [-0.25, -0.2) is 9.67 Å². The number of amides is 2. The fourth-order valence-electron chi connectivity index (χ4n) is 3.40. The topological polar surface area (TPSA) is 122 Å². The van der Waals surface area contributed by atoms with Gasteiger partial charge in [0.25, 0.3) is 11.8 Å². The molecule has 0 unspecified atom stereocenters. The SMILES string of the molecule is CCCNC(=O)c1cc(C#N)cc(C)c1NC(=O)c1cc(Oc2ccsc2)nn1-c1ncccc1Cl. The van der Waals surface area contributed by atoms with E-state index in [1.807, 2.05) is 18.4 Å². The van der Waals surface area contributed by atoms with Crippen molar-refractivity contribution in [3.8, 4) is 23.5 Å². The first-order valence-electron chi connectivity index (χ1n) is 11.0. The van der Waals surface area contributed by atoms with Gasteiger partial charge in [0.2, 0.25) is 5.88 Å². The number of hydrogen-bond acceptors (Lipinski definition) is 7. The normalized spacial score (nSPS) is 10.5. The summed E-state index contributed by atoms with van der Waals surface area (Å²) in [6, 6.07) is 11.6. The molecule has 0 aliphatic carbocycles. The lowest BCUT2D eigenvalue weighted by atomic mass is 10.0. The van der Waals surface area contributed by atoms with Crippen molar-refractivity contribution < 1.29 is 14.3 Å². The van der Waals surface area contributed by atoms with Gasteiger partial charge in [-0.1, -0.05) is 18.5 Å². The molecule has 1 aromatic carbocycles. The Balaban J connectivity index is 1.75. The zero-order valence-corrected chi connectivity index (χ0v) is 21.0. The van der Waals surface area contributed by atoms with Crippen molar-refractivity contribution in [3.63, 3.8) is 0 Å². The van der Waals surface area contributed by atoms with Gasteiger partial charge in [0.15, 0.2) is 5.82 Å². The number of nitrogens with zero attached hydrogens (tertiary/aromatic N) is 4. The summed E-state index contributed by atoms with van der Waals surface area (Å²) in [5.74, 6) is 0.0121. The largest absolute Gasteiger partial charge is 0.437 e. The minimum atomic E-state index is -0.568. The Morgan fingerprint density at radius 1 is 1.25 bits per heavy atom. The highest BCUT2D eigenvalue weighted by atomic mass is 35.5. The molecule has 2 N–H and O–H groups in total. The molecule has 0 saturated heterocycles. The van der Waals surface area contributed by atoms with E-state index in [1.54, 1.807) is 36.6 Å². The van der Waals surface area contributed by atoms with Gasteiger partial charge in [0, 0.05) is 24.2 Å².